The van der Waals surface area contributed by atoms with Gasteiger partial charge in [-0.25, -0.2) is 0 Å². The normalized spacial score (nSPS) is 12.9. The summed E-state index contributed by atoms with van der Waals surface area (Å²) in [4.78, 5) is 24.5. The van der Waals surface area contributed by atoms with Crippen LogP contribution in [0, 0.1) is 0 Å². The minimum absolute atomic E-state index is 0.0694. The summed E-state index contributed by atoms with van der Waals surface area (Å²) in [5.41, 5.74) is 0. The predicted octanol–water partition coefficient (Wildman–Crippen LogP) is 20.3. The molecule has 1 atom stereocenters. The number of aliphatic hydroxyl groups excluding tert-OH is 1. The smallest absolute Gasteiger partial charge is 0.306 e. The first-order chi connectivity index (χ1) is 34.6. The Hall–Kier alpha value is -3.18. The maximum atomic E-state index is 12.3. The van der Waals surface area contributed by atoms with Crippen LogP contribution in [0.5, 0.6) is 0 Å². The monoisotopic (exact) mass is 973 g/mol. The number of unbranched alkanes of at least 4 members (excludes halogenated alkanes) is 30. The van der Waals surface area contributed by atoms with Crippen LogP contribution in [0.1, 0.15) is 284 Å². The molecule has 0 rings (SSSR count). The van der Waals surface area contributed by atoms with Gasteiger partial charge in [-0.3, -0.25) is 9.59 Å². The van der Waals surface area contributed by atoms with E-state index in [2.05, 4.69) is 111 Å². The second kappa shape index (κ2) is 60.1. The van der Waals surface area contributed by atoms with Gasteiger partial charge in [0.15, 0.2) is 6.10 Å². The van der Waals surface area contributed by atoms with Crippen LogP contribution in [-0.4, -0.2) is 36.4 Å². The quantitative estimate of drug-likeness (QED) is 0.0373. The van der Waals surface area contributed by atoms with E-state index in [0.29, 0.717) is 12.8 Å². The van der Waals surface area contributed by atoms with Gasteiger partial charge in [0, 0.05) is 12.8 Å². The first-order valence-electron chi connectivity index (χ1n) is 29.8. The van der Waals surface area contributed by atoms with E-state index >= 15 is 0 Å². The number of ether oxygens (including phenoxy) is 2. The molecule has 0 aliphatic heterocycles. The van der Waals surface area contributed by atoms with Gasteiger partial charge in [-0.05, 0) is 96.3 Å². The molecule has 0 radical (unpaired) electrons. The number of allylic oxidation sites excluding steroid dienone is 16. The van der Waals surface area contributed by atoms with Gasteiger partial charge < -0.3 is 14.6 Å². The third-order valence-corrected chi connectivity index (χ3v) is 12.9. The van der Waals surface area contributed by atoms with E-state index in [1.165, 1.54) is 173 Å². The van der Waals surface area contributed by atoms with Crippen molar-refractivity contribution in [3.8, 4) is 0 Å². The molecule has 70 heavy (non-hydrogen) atoms. The fraction of sp³-hybridized carbons (Fsp3) is 0.723. The molecule has 0 aliphatic carbocycles. The number of rotatable bonds is 54. The van der Waals surface area contributed by atoms with Gasteiger partial charge in [0.25, 0.3) is 0 Å². The number of esters is 2. The summed E-state index contributed by atoms with van der Waals surface area (Å²) in [5, 5.41) is 9.66. The molecule has 402 valence electrons. The molecule has 1 unspecified atom stereocenters. The summed E-state index contributed by atoms with van der Waals surface area (Å²) < 4.78 is 10.7. The van der Waals surface area contributed by atoms with Gasteiger partial charge in [-0.1, -0.05) is 272 Å². The molecule has 0 saturated carbocycles. The highest BCUT2D eigenvalue weighted by atomic mass is 16.6. The summed E-state index contributed by atoms with van der Waals surface area (Å²) in [6.07, 6.45) is 85.3. The van der Waals surface area contributed by atoms with Crippen LogP contribution in [0.3, 0.4) is 0 Å². The number of carbonyl (C=O) groups excluding carboxylic acids is 2. The molecule has 0 aromatic carbocycles. The Morgan fingerprint density at radius 3 is 0.929 bits per heavy atom. The molecule has 0 heterocycles. The van der Waals surface area contributed by atoms with E-state index < -0.39 is 6.10 Å². The predicted molar refractivity (Wildman–Crippen MR) is 306 cm³/mol. The van der Waals surface area contributed by atoms with E-state index in [1.54, 1.807) is 0 Å². The van der Waals surface area contributed by atoms with Crippen molar-refractivity contribution in [3.63, 3.8) is 0 Å². The molecule has 5 heteroatoms. The van der Waals surface area contributed by atoms with Crippen molar-refractivity contribution in [2.45, 2.75) is 290 Å². The third kappa shape index (κ3) is 57.4. The van der Waals surface area contributed by atoms with Crippen LogP contribution in [0.2, 0.25) is 0 Å². The molecule has 0 spiro atoms. The highest BCUT2D eigenvalue weighted by molar-refractivity contribution is 5.70. The largest absolute Gasteiger partial charge is 0.462 e. The van der Waals surface area contributed by atoms with E-state index in [4.69, 9.17) is 9.47 Å². The zero-order valence-electron chi connectivity index (χ0n) is 46.0. The van der Waals surface area contributed by atoms with Crippen molar-refractivity contribution in [1.82, 2.24) is 0 Å². The fourth-order valence-corrected chi connectivity index (χ4v) is 8.41. The SMILES string of the molecule is CC/C=C\C/C=C\C/C=C\C/C=C\C/C=C\C/C=C\CCCCCCCCCCCCCCCCCCC(=O)OC(CO)COC(=O)CCCCCCCCCCC/C=C\C/C=C\CCCCCCC. The van der Waals surface area contributed by atoms with E-state index in [0.717, 1.165) is 83.5 Å². The fourth-order valence-electron chi connectivity index (χ4n) is 8.41. The van der Waals surface area contributed by atoms with E-state index in [1.807, 2.05) is 0 Å². The Balaban J connectivity index is 3.49. The lowest BCUT2D eigenvalue weighted by molar-refractivity contribution is -0.161. The van der Waals surface area contributed by atoms with Crippen molar-refractivity contribution in [2.24, 2.45) is 0 Å². The summed E-state index contributed by atoms with van der Waals surface area (Å²) in [6.45, 7) is 4.03. The van der Waals surface area contributed by atoms with Crippen molar-refractivity contribution in [3.05, 3.63) is 97.2 Å². The lowest BCUT2D eigenvalue weighted by atomic mass is 10.0. The van der Waals surface area contributed by atoms with Crippen molar-refractivity contribution in [2.75, 3.05) is 13.2 Å². The number of carbonyl (C=O) groups is 2. The summed E-state index contributed by atoms with van der Waals surface area (Å²) in [6, 6.07) is 0. The maximum absolute atomic E-state index is 12.3. The minimum atomic E-state index is -0.778. The maximum Gasteiger partial charge on any atom is 0.306 e. The molecule has 0 bridgehead atoms. The molecular formula is C65H112O5. The summed E-state index contributed by atoms with van der Waals surface area (Å²) in [5.74, 6) is -0.589. The van der Waals surface area contributed by atoms with Gasteiger partial charge in [-0.2, -0.15) is 0 Å². The molecule has 5 nitrogen and oxygen atoms in total. The molecule has 0 saturated heterocycles. The Bertz CT molecular complexity index is 1330. The first-order valence-corrected chi connectivity index (χ1v) is 29.8. The standard InChI is InChI=1S/C65H112O5/c1-3-5-7-9-11-13-15-17-19-21-23-25-26-27-28-29-30-31-32-33-34-35-36-37-38-40-42-44-46-48-50-52-54-56-58-60-65(68)70-63(61-66)62-69-64(67)59-57-55-53-51-49-47-45-43-41-39-24-22-20-18-16-14-12-10-8-6-4-2/h5,7,11,13,16-19,22-25,27-28,30-31,63,66H,3-4,6,8-10,12,14-15,20-21,26,29,32-62H2,1-2H3/b7-5-,13-11-,18-16-,19-17-,24-22-,25-23-,28-27-,31-30-. The highest BCUT2D eigenvalue weighted by Gasteiger charge is 2.16. The lowest BCUT2D eigenvalue weighted by Crippen LogP contribution is -2.28. The zero-order chi connectivity index (χ0) is 50.6. The molecule has 0 aromatic rings. The van der Waals surface area contributed by atoms with Crippen LogP contribution in [0.25, 0.3) is 0 Å². The second-order valence-corrected chi connectivity index (χ2v) is 19.7. The number of hydrogen-bond acceptors (Lipinski definition) is 5. The van der Waals surface area contributed by atoms with Gasteiger partial charge in [0.1, 0.15) is 6.61 Å². The van der Waals surface area contributed by atoms with Crippen molar-refractivity contribution >= 4 is 11.9 Å². The first kappa shape index (κ1) is 66.8. The van der Waals surface area contributed by atoms with E-state index in [9.17, 15) is 14.7 Å². The van der Waals surface area contributed by atoms with Crippen molar-refractivity contribution in [1.29, 1.82) is 0 Å². The minimum Gasteiger partial charge on any atom is -0.462 e. The van der Waals surface area contributed by atoms with Crippen LogP contribution in [0.15, 0.2) is 97.2 Å². The highest BCUT2D eigenvalue weighted by Crippen LogP contribution is 2.16. The lowest BCUT2D eigenvalue weighted by Gasteiger charge is -2.15. The average Bonchev–Trinajstić information content (AvgIpc) is 3.36. The molecular weight excluding hydrogens is 861 g/mol. The van der Waals surface area contributed by atoms with Gasteiger partial charge in [-0.15, -0.1) is 0 Å². The van der Waals surface area contributed by atoms with Crippen LogP contribution in [0.4, 0.5) is 0 Å². The molecule has 0 aliphatic rings. The number of hydrogen-bond donors (Lipinski definition) is 1. The van der Waals surface area contributed by atoms with Gasteiger partial charge in [0.05, 0.1) is 6.61 Å². The average molecular weight is 974 g/mol. The topological polar surface area (TPSA) is 72.8 Å². The van der Waals surface area contributed by atoms with Crippen molar-refractivity contribution < 1.29 is 24.2 Å². The van der Waals surface area contributed by atoms with Gasteiger partial charge >= 0.3 is 11.9 Å². The van der Waals surface area contributed by atoms with Crippen LogP contribution < -0.4 is 0 Å². The Morgan fingerprint density at radius 1 is 0.343 bits per heavy atom. The number of aliphatic hydroxyl groups is 1. The van der Waals surface area contributed by atoms with Crippen LogP contribution in [-0.2, 0) is 19.1 Å². The molecule has 0 fully saturated rings. The molecule has 0 aromatic heterocycles. The zero-order valence-corrected chi connectivity index (χ0v) is 46.0. The molecule has 0 amide bonds. The second-order valence-electron chi connectivity index (χ2n) is 19.7. The molecule has 1 N–H and O–H groups in total. The van der Waals surface area contributed by atoms with E-state index in [-0.39, 0.29) is 25.2 Å². The Morgan fingerprint density at radius 2 is 0.614 bits per heavy atom. The Kier molecular flexibility index (Phi) is 57.4. The van der Waals surface area contributed by atoms with Gasteiger partial charge in [0.2, 0.25) is 0 Å². The Labute approximate surface area is 434 Å². The summed E-state index contributed by atoms with van der Waals surface area (Å²) in [7, 11) is 0. The third-order valence-electron chi connectivity index (χ3n) is 12.9. The van der Waals surface area contributed by atoms with Crippen LogP contribution >= 0.6 is 0 Å². The summed E-state index contributed by atoms with van der Waals surface area (Å²) >= 11 is 0.